The topological polar surface area (TPSA) is 9.23 Å². The van der Waals surface area contributed by atoms with E-state index in [0.29, 0.717) is 11.8 Å². The zero-order chi connectivity index (χ0) is 18.7. The minimum atomic E-state index is -0.769. The first-order valence-corrected chi connectivity index (χ1v) is 9.82. The van der Waals surface area contributed by atoms with Crippen molar-refractivity contribution >= 4 is 0 Å². The van der Waals surface area contributed by atoms with E-state index in [1.807, 2.05) is 13.8 Å². The molecule has 3 heteroatoms. The summed E-state index contributed by atoms with van der Waals surface area (Å²) in [5, 5.41) is 0. The second-order valence-corrected chi connectivity index (χ2v) is 7.23. The van der Waals surface area contributed by atoms with Crippen molar-refractivity contribution in [2.45, 2.75) is 58.3 Å². The van der Waals surface area contributed by atoms with Gasteiger partial charge < -0.3 is 4.74 Å². The van der Waals surface area contributed by atoms with Gasteiger partial charge in [-0.3, -0.25) is 0 Å². The van der Waals surface area contributed by atoms with Crippen molar-refractivity contribution in [2.24, 2.45) is 5.92 Å². The van der Waals surface area contributed by atoms with Crippen LogP contribution in [0.1, 0.15) is 70.0 Å². The molecule has 26 heavy (non-hydrogen) atoms. The van der Waals surface area contributed by atoms with Crippen LogP contribution in [-0.4, -0.2) is 6.61 Å². The highest BCUT2D eigenvalue weighted by Gasteiger charge is 2.30. The van der Waals surface area contributed by atoms with Gasteiger partial charge in [0.15, 0.2) is 11.6 Å². The predicted molar refractivity (Wildman–Crippen MR) is 104 cm³/mol. The van der Waals surface area contributed by atoms with E-state index in [1.165, 1.54) is 23.3 Å². The summed E-state index contributed by atoms with van der Waals surface area (Å²) in [6.07, 6.45) is 4.21. The van der Waals surface area contributed by atoms with Crippen LogP contribution in [0.25, 0.3) is 0 Å². The molecule has 0 spiro atoms. The molecule has 2 unspecified atom stereocenters. The SMILES string of the molecule is CC.CC1CC[C@H](c2ccc3c(c2)OCC3)CC1c1ccc(F)c(F)c1.[HH]. The summed E-state index contributed by atoms with van der Waals surface area (Å²) in [6.45, 7) is 6.99. The Morgan fingerprint density at radius 2 is 1.73 bits per heavy atom. The van der Waals surface area contributed by atoms with E-state index >= 15 is 0 Å². The maximum absolute atomic E-state index is 13.6. The molecule has 3 atom stereocenters. The largest absolute Gasteiger partial charge is 0.493 e. The fraction of sp³-hybridized carbons (Fsp3) is 0.478. The normalized spacial score (nSPS) is 24.3. The molecule has 0 N–H and O–H groups in total. The van der Waals surface area contributed by atoms with Gasteiger partial charge in [-0.1, -0.05) is 39.0 Å². The third-order valence-corrected chi connectivity index (χ3v) is 5.76. The zero-order valence-electron chi connectivity index (χ0n) is 15.9. The minimum absolute atomic E-state index is 0. The first-order valence-electron chi connectivity index (χ1n) is 9.82. The standard InChI is InChI=1S/C21H22F2O.C2H6.H2/c1-13-2-3-15(16-5-4-14-8-9-24-21(14)12-16)10-18(13)17-6-7-19(22)20(23)11-17;1-2;/h4-7,11-13,15,18H,2-3,8-10H2,1H3;1-2H3;1H/t13?,15-,18?;;/m0../s1. The van der Waals surface area contributed by atoms with Crippen LogP contribution in [0, 0.1) is 17.6 Å². The van der Waals surface area contributed by atoms with Crippen molar-refractivity contribution in [2.75, 3.05) is 6.61 Å². The molecule has 2 aromatic rings. The van der Waals surface area contributed by atoms with Crippen LogP contribution in [0.3, 0.4) is 0 Å². The van der Waals surface area contributed by atoms with E-state index in [1.54, 1.807) is 6.07 Å². The summed E-state index contributed by atoms with van der Waals surface area (Å²) in [6, 6.07) is 11.0. The Balaban J connectivity index is 0.000000844. The summed E-state index contributed by atoms with van der Waals surface area (Å²) in [7, 11) is 0. The lowest BCUT2D eigenvalue weighted by Crippen LogP contribution is -2.20. The number of halogens is 2. The van der Waals surface area contributed by atoms with E-state index in [0.717, 1.165) is 43.6 Å². The molecular formula is C23H30F2O. The summed E-state index contributed by atoms with van der Waals surface area (Å²) in [5.74, 6) is 0.719. The van der Waals surface area contributed by atoms with E-state index in [-0.39, 0.29) is 7.34 Å². The molecule has 1 fully saturated rings. The molecular weight excluding hydrogens is 330 g/mol. The number of hydrogen-bond donors (Lipinski definition) is 0. The quantitative estimate of drug-likeness (QED) is 0.568. The van der Waals surface area contributed by atoms with Gasteiger partial charge in [-0.15, -0.1) is 0 Å². The second-order valence-electron chi connectivity index (χ2n) is 7.23. The highest BCUT2D eigenvalue weighted by molar-refractivity contribution is 5.41. The van der Waals surface area contributed by atoms with Gasteiger partial charge in [0.25, 0.3) is 0 Å². The average Bonchev–Trinajstić information content (AvgIpc) is 3.14. The number of rotatable bonds is 2. The van der Waals surface area contributed by atoms with Crippen LogP contribution in [0.5, 0.6) is 5.75 Å². The van der Waals surface area contributed by atoms with Crippen molar-refractivity contribution in [1.82, 2.24) is 0 Å². The van der Waals surface area contributed by atoms with Crippen LogP contribution in [0.15, 0.2) is 36.4 Å². The molecule has 0 saturated heterocycles. The maximum Gasteiger partial charge on any atom is 0.159 e. The molecule has 142 valence electrons. The molecule has 1 saturated carbocycles. The van der Waals surface area contributed by atoms with Crippen molar-refractivity contribution in [1.29, 1.82) is 0 Å². The number of hydrogen-bond acceptors (Lipinski definition) is 1. The third-order valence-electron chi connectivity index (χ3n) is 5.76. The Bertz CT molecular complexity index is 762. The Morgan fingerprint density at radius 3 is 2.50 bits per heavy atom. The van der Waals surface area contributed by atoms with E-state index in [9.17, 15) is 8.78 Å². The van der Waals surface area contributed by atoms with Gasteiger partial charge in [-0.05, 0) is 71.9 Å². The minimum Gasteiger partial charge on any atom is -0.493 e. The van der Waals surface area contributed by atoms with Gasteiger partial charge in [-0.2, -0.15) is 0 Å². The summed E-state index contributed by atoms with van der Waals surface area (Å²) >= 11 is 0. The van der Waals surface area contributed by atoms with Gasteiger partial charge >= 0.3 is 0 Å². The van der Waals surface area contributed by atoms with Crippen molar-refractivity contribution in [3.8, 4) is 5.75 Å². The van der Waals surface area contributed by atoms with E-state index in [4.69, 9.17) is 4.74 Å². The van der Waals surface area contributed by atoms with E-state index < -0.39 is 11.6 Å². The Kier molecular flexibility index (Phi) is 5.95. The monoisotopic (exact) mass is 360 g/mol. The Hall–Kier alpha value is -1.90. The average molecular weight is 360 g/mol. The molecule has 2 aliphatic rings. The number of ether oxygens (including phenoxy) is 1. The molecule has 1 aliphatic heterocycles. The first kappa shape index (κ1) is 18.9. The van der Waals surface area contributed by atoms with Crippen LogP contribution in [-0.2, 0) is 6.42 Å². The summed E-state index contributed by atoms with van der Waals surface area (Å²) in [4.78, 5) is 0. The lowest BCUT2D eigenvalue weighted by Gasteiger charge is -2.35. The molecule has 1 heterocycles. The lowest BCUT2D eigenvalue weighted by atomic mass is 9.70. The smallest absolute Gasteiger partial charge is 0.159 e. The van der Waals surface area contributed by atoms with E-state index in [2.05, 4.69) is 25.1 Å². The molecule has 4 rings (SSSR count). The Labute approximate surface area is 156 Å². The van der Waals surface area contributed by atoms with Crippen LogP contribution >= 0.6 is 0 Å². The van der Waals surface area contributed by atoms with Crippen molar-refractivity contribution in [3.63, 3.8) is 0 Å². The van der Waals surface area contributed by atoms with Gasteiger partial charge in [-0.25, -0.2) is 8.78 Å². The van der Waals surface area contributed by atoms with Crippen molar-refractivity contribution in [3.05, 3.63) is 64.7 Å². The zero-order valence-corrected chi connectivity index (χ0v) is 15.9. The molecule has 2 aromatic carbocycles. The molecule has 1 aliphatic carbocycles. The Morgan fingerprint density at radius 1 is 0.962 bits per heavy atom. The summed E-state index contributed by atoms with van der Waals surface area (Å²) in [5.41, 5.74) is 3.53. The molecule has 1 nitrogen and oxygen atoms in total. The predicted octanol–water partition coefficient (Wildman–Crippen LogP) is 6.86. The van der Waals surface area contributed by atoms with Crippen LogP contribution in [0.4, 0.5) is 8.78 Å². The fourth-order valence-corrected chi connectivity index (χ4v) is 4.27. The van der Waals surface area contributed by atoms with Gasteiger partial charge in [0.1, 0.15) is 5.75 Å². The number of fused-ring (bicyclic) bond motifs is 1. The van der Waals surface area contributed by atoms with Crippen LogP contribution < -0.4 is 4.74 Å². The number of benzene rings is 2. The first-order chi connectivity index (χ1) is 12.6. The van der Waals surface area contributed by atoms with Crippen molar-refractivity contribution < 1.29 is 14.9 Å². The molecule has 0 bridgehead atoms. The summed E-state index contributed by atoms with van der Waals surface area (Å²) < 4.78 is 32.6. The maximum atomic E-state index is 13.6. The fourth-order valence-electron chi connectivity index (χ4n) is 4.27. The van der Waals surface area contributed by atoms with Gasteiger partial charge in [0.05, 0.1) is 6.61 Å². The lowest BCUT2D eigenvalue weighted by molar-refractivity contribution is 0.297. The van der Waals surface area contributed by atoms with Gasteiger partial charge in [0, 0.05) is 7.85 Å². The molecule has 0 radical (unpaired) electrons. The highest BCUT2D eigenvalue weighted by atomic mass is 19.2. The molecule has 0 amide bonds. The molecule has 0 aromatic heterocycles. The highest BCUT2D eigenvalue weighted by Crippen LogP contribution is 2.45. The van der Waals surface area contributed by atoms with Crippen LogP contribution in [0.2, 0.25) is 0 Å². The second kappa shape index (κ2) is 8.20. The third kappa shape index (κ3) is 3.77. The van der Waals surface area contributed by atoms with Gasteiger partial charge in [0.2, 0.25) is 0 Å².